The van der Waals surface area contributed by atoms with Crippen LogP contribution in [-0.2, 0) is 20.1 Å². The van der Waals surface area contributed by atoms with Gasteiger partial charge in [-0.3, -0.25) is 9.36 Å². The van der Waals surface area contributed by atoms with Gasteiger partial charge in [-0.1, -0.05) is 0 Å². The van der Waals surface area contributed by atoms with Gasteiger partial charge in [0, 0.05) is 38.1 Å². The molecule has 0 aromatic carbocycles. The molecule has 6 heteroatoms. The first kappa shape index (κ1) is 14.6. The lowest BCUT2D eigenvalue weighted by Gasteiger charge is -2.02. The smallest absolute Gasteiger partial charge is 0.0825 e. The molecule has 2 heterocycles. The van der Waals surface area contributed by atoms with Crippen LogP contribution in [0.15, 0.2) is 12.4 Å². The molecule has 0 aliphatic carbocycles. The maximum absolute atomic E-state index is 4.42. The minimum atomic E-state index is 0. The van der Waals surface area contributed by atoms with Gasteiger partial charge >= 0.3 is 0 Å². The van der Waals surface area contributed by atoms with E-state index in [1.165, 1.54) is 5.56 Å². The second kappa shape index (κ2) is 5.91. The number of aryl methyl sites for hydroxylation is 4. The summed E-state index contributed by atoms with van der Waals surface area (Å²) in [5.41, 5.74) is 4.42. The van der Waals surface area contributed by atoms with Crippen LogP contribution in [0.25, 0.3) is 0 Å². The third-order valence-corrected chi connectivity index (χ3v) is 2.85. The lowest BCUT2D eigenvalue weighted by molar-refractivity contribution is 0.653. The molecular weight excluding hydrogens is 250 g/mol. The van der Waals surface area contributed by atoms with Crippen molar-refractivity contribution in [2.45, 2.75) is 33.9 Å². The van der Waals surface area contributed by atoms with Crippen LogP contribution >= 0.6 is 12.4 Å². The summed E-state index contributed by atoms with van der Waals surface area (Å²) in [6, 6.07) is 0. The molecule has 0 saturated heterocycles. The summed E-state index contributed by atoms with van der Waals surface area (Å²) in [7, 11) is 1.93. The van der Waals surface area contributed by atoms with Crippen LogP contribution < -0.4 is 5.32 Å². The Balaban J connectivity index is 0.00000162. The molecule has 0 aliphatic heterocycles. The standard InChI is InChI=1S/C12H19N5.ClH/c1-5-17-7-11(9(2)15-17)6-13-12-8-16(4)14-10(12)3;/h7-8,13H,5-6H2,1-4H3;1H. The van der Waals surface area contributed by atoms with E-state index in [1.807, 2.05) is 36.5 Å². The number of nitrogens with one attached hydrogen (secondary N) is 1. The lowest BCUT2D eigenvalue weighted by Crippen LogP contribution is -2.00. The van der Waals surface area contributed by atoms with Gasteiger partial charge < -0.3 is 5.32 Å². The van der Waals surface area contributed by atoms with Gasteiger partial charge in [0.2, 0.25) is 0 Å². The van der Waals surface area contributed by atoms with Gasteiger partial charge in [-0.05, 0) is 20.8 Å². The van der Waals surface area contributed by atoms with Crippen molar-refractivity contribution in [2.24, 2.45) is 7.05 Å². The summed E-state index contributed by atoms with van der Waals surface area (Å²) in [4.78, 5) is 0. The molecule has 0 spiro atoms. The van der Waals surface area contributed by atoms with Crippen molar-refractivity contribution >= 4 is 18.1 Å². The van der Waals surface area contributed by atoms with E-state index in [2.05, 4.69) is 28.6 Å². The zero-order valence-corrected chi connectivity index (χ0v) is 12.1. The Hall–Kier alpha value is -1.49. The number of halogens is 1. The largest absolute Gasteiger partial charge is 0.378 e. The fraction of sp³-hybridized carbons (Fsp3) is 0.500. The normalized spacial score (nSPS) is 10.2. The number of nitrogens with zero attached hydrogens (tertiary/aromatic N) is 4. The lowest BCUT2D eigenvalue weighted by atomic mass is 10.2. The molecule has 2 aromatic heterocycles. The molecule has 0 aliphatic rings. The molecule has 2 rings (SSSR count). The molecule has 0 unspecified atom stereocenters. The zero-order valence-electron chi connectivity index (χ0n) is 11.3. The van der Waals surface area contributed by atoms with Gasteiger partial charge in [0.15, 0.2) is 0 Å². The highest BCUT2D eigenvalue weighted by atomic mass is 35.5. The van der Waals surface area contributed by atoms with Crippen molar-refractivity contribution in [1.29, 1.82) is 0 Å². The molecule has 18 heavy (non-hydrogen) atoms. The monoisotopic (exact) mass is 269 g/mol. The highest BCUT2D eigenvalue weighted by Crippen LogP contribution is 2.14. The first-order valence-electron chi connectivity index (χ1n) is 5.87. The van der Waals surface area contributed by atoms with E-state index in [0.29, 0.717) is 0 Å². The van der Waals surface area contributed by atoms with Crippen LogP contribution in [0.3, 0.4) is 0 Å². The highest BCUT2D eigenvalue weighted by Gasteiger charge is 2.06. The quantitative estimate of drug-likeness (QED) is 0.926. The van der Waals surface area contributed by atoms with Crippen LogP contribution in [-0.4, -0.2) is 19.6 Å². The minimum Gasteiger partial charge on any atom is -0.378 e. The Labute approximate surface area is 114 Å². The number of anilines is 1. The van der Waals surface area contributed by atoms with Crippen molar-refractivity contribution in [3.8, 4) is 0 Å². The third-order valence-electron chi connectivity index (χ3n) is 2.85. The number of aromatic nitrogens is 4. The van der Waals surface area contributed by atoms with E-state index in [1.54, 1.807) is 0 Å². The summed E-state index contributed by atoms with van der Waals surface area (Å²) in [6.45, 7) is 7.84. The highest BCUT2D eigenvalue weighted by molar-refractivity contribution is 5.85. The first-order chi connectivity index (χ1) is 8.10. The summed E-state index contributed by atoms with van der Waals surface area (Å²) in [5, 5.41) is 12.1. The summed E-state index contributed by atoms with van der Waals surface area (Å²) in [5.74, 6) is 0. The van der Waals surface area contributed by atoms with Crippen molar-refractivity contribution in [3.05, 3.63) is 29.3 Å². The Morgan fingerprint density at radius 1 is 1.17 bits per heavy atom. The van der Waals surface area contributed by atoms with Gasteiger partial charge in [-0.25, -0.2) is 0 Å². The van der Waals surface area contributed by atoms with Gasteiger partial charge in [0.1, 0.15) is 0 Å². The van der Waals surface area contributed by atoms with Gasteiger partial charge in [-0.15, -0.1) is 12.4 Å². The van der Waals surface area contributed by atoms with Crippen LogP contribution in [0.4, 0.5) is 5.69 Å². The predicted octanol–water partition coefficient (Wildman–Crippen LogP) is 2.29. The Morgan fingerprint density at radius 3 is 2.39 bits per heavy atom. The minimum absolute atomic E-state index is 0. The van der Waals surface area contributed by atoms with Crippen molar-refractivity contribution in [1.82, 2.24) is 19.6 Å². The van der Waals surface area contributed by atoms with E-state index < -0.39 is 0 Å². The summed E-state index contributed by atoms with van der Waals surface area (Å²) in [6.07, 6.45) is 4.09. The Morgan fingerprint density at radius 2 is 1.89 bits per heavy atom. The number of hydrogen-bond donors (Lipinski definition) is 1. The molecule has 1 N–H and O–H groups in total. The molecule has 5 nitrogen and oxygen atoms in total. The molecule has 0 fully saturated rings. The summed E-state index contributed by atoms with van der Waals surface area (Å²) >= 11 is 0. The fourth-order valence-electron chi connectivity index (χ4n) is 1.86. The molecule has 0 amide bonds. The molecule has 100 valence electrons. The van der Waals surface area contributed by atoms with Crippen molar-refractivity contribution < 1.29 is 0 Å². The molecular formula is C12H20ClN5. The summed E-state index contributed by atoms with van der Waals surface area (Å²) < 4.78 is 3.78. The van der Waals surface area contributed by atoms with E-state index in [9.17, 15) is 0 Å². The Kier molecular flexibility index (Phi) is 4.78. The van der Waals surface area contributed by atoms with E-state index in [-0.39, 0.29) is 12.4 Å². The average molecular weight is 270 g/mol. The van der Waals surface area contributed by atoms with Crippen molar-refractivity contribution in [3.63, 3.8) is 0 Å². The molecule has 0 radical (unpaired) electrons. The second-order valence-corrected chi connectivity index (χ2v) is 4.25. The van der Waals surface area contributed by atoms with Crippen LogP contribution in [0.1, 0.15) is 23.9 Å². The van der Waals surface area contributed by atoms with Crippen molar-refractivity contribution in [2.75, 3.05) is 5.32 Å². The fourth-order valence-corrected chi connectivity index (χ4v) is 1.86. The second-order valence-electron chi connectivity index (χ2n) is 4.25. The van der Waals surface area contributed by atoms with Crippen LogP contribution in [0.5, 0.6) is 0 Å². The molecule has 0 bridgehead atoms. The predicted molar refractivity (Wildman–Crippen MR) is 75.2 cm³/mol. The SMILES string of the molecule is CCn1cc(CNc2cn(C)nc2C)c(C)n1.Cl. The van der Waals surface area contributed by atoms with E-state index in [0.717, 1.165) is 30.2 Å². The van der Waals surface area contributed by atoms with Gasteiger partial charge in [0.05, 0.1) is 17.1 Å². The molecule has 0 saturated carbocycles. The topological polar surface area (TPSA) is 47.7 Å². The maximum atomic E-state index is 4.42. The molecule has 2 aromatic rings. The van der Waals surface area contributed by atoms with E-state index >= 15 is 0 Å². The van der Waals surface area contributed by atoms with Crippen LogP contribution in [0.2, 0.25) is 0 Å². The van der Waals surface area contributed by atoms with Gasteiger partial charge in [0.25, 0.3) is 0 Å². The number of rotatable bonds is 4. The van der Waals surface area contributed by atoms with E-state index in [4.69, 9.17) is 0 Å². The third kappa shape index (κ3) is 3.04. The van der Waals surface area contributed by atoms with Gasteiger partial charge in [-0.2, -0.15) is 10.2 Å². The van der Waals surface area contributed by atoms with Crippen LogP contribution in [0, 0.1) is 13.8 Å². The number of hydrogen-bond acceptors (Lipinski definition) is 3. The first-order valence-corrected chi connectivity index (χ1v) is 5.87. The maximum Gasteiger partial charge on any atom is 0.0825 e. The zero-order chi connectivity index (χ0) is 12.4. The Bertz CT molecular complexity index is 515. The average Bonchev–Trinajstić information content (AvgIpc) is 2.79. The molecule has 0 atom stereocenters.